The number of aliphatic hydroxyl groups is 2. The molecule has 1 aromatic carbocycles. The van der Waals surface area contributed by atoms with Gasteiger partial charge in [-0.3, -0.25) is 4.79 Å². The number of carbonyl (C=O) groups is 1. The summed E-state index contributed by atoms with van der Waals surface area (Å²) in [6.45, 7) is 2.22. The summed E-state index contributed by atoms with van der Waals surface area (Å²) in [6, 6.07) is 6.77. The minimum Gasteiger partial charge on any atom is -0.388 e. The van der Waals surface area contributed by atoms with E-state index in [0.29, 0.717) is 34.4 Å². The number of aliphatic hydroxyl groups excluding tert-OH is 2. The van der Waals surface area contributed by atoms with E-state index in [2.05, 4.69) is 31.5 Å². The van der Waals surface area contributed by atoms with Crippen molar-refractivity contribution in [1.82, 2.24) is 24.8 Å². The number of anilines is 1. The number of aryl methyl sites for hydroxylation is 1. The summed E-state index contributed by atoms with van der Waals surface area (Å²) in [5.74, 6) is 2.90. The first-order valence-corrected chi connectivity index (χ1v) is 10.4. The largest absolute Gasteiger partial charge is 0.388 e. The van der Waals surface area contributed by atoms with Crippen molar-refractivity contribution in [2.75, 3.05) is 12.4 Å². The van der Waals surface area contributed by atoms with Crippen molar-refractivity contribution in [2.45, 2.75) is 38.1 Å². The Labute approximate surface area is 189 Å². The maximum atomic E-state index is 12.5. The number of carbonyl (C=O) groups excluding carboxylic acids is 1. The summed E-state index contributed by atoms with van der Waals surface area (Å²) in [5.41, 5.74) is 0.384. The predicted molar refractivity (Wildman–Crippen MR) is 120 cm³/mol. The van der Waals surface area contributed by atoms with Gasteiger partial charge < -0.3 is 25.4 Å². The van der Waals surface area contributed by atoms with E-state index in [1.54, 1.807) is 17.6 Å². The van der Waals surface area contributed by atoms with Crippen LogP contribution in [0.15, 0.2) is 30.6 Å². The van der Waals surface area contributed by atoms with Crippen molar-refractivity contribution in [3.63, 3.8) is 0 Å². The highest BCUT2D eigenvalue weighted by Gasteiger charge is 2.57. The van der Waals surface area contributed by atoms with E-state index >= 15 is 0 Å². The van der Waals surface area contributed by atoms with Crippen molar-refractivity contribution < 1.29 is 15.0 Å². The first-order valence-electron chi connectivity index (χ1n) is 10.1. The third-order valence-corrected chi connectivity index (χ3v) is 6.12. The van der Waals surface area contributed by atoms with Crippen LogP contribution in [0, 0.1) is 24.7 Å². The number of imidazole rings is 1. The van der Waals surface area contributed by atoms with Crippen LogP contribution >= 0.6 is 11.6 Å². The van der Waals surface area contributed by atoms with Gasteiger partial charge in [0.05, 0.1) is 12.4 Å². The summed E-state index contributed by atoms with van der Waals surface area (Å²) >= 11 is 6.06. The first kappa shape index (κ1) is 22.0. The van der Waals surface area contributed by atoms with Gasteiger partial charge in [0, 0.05) is 18.6 Å². The molecule has 4 rings (SSSR count). The Morgan fingerprint density at radius 1 is 1.41 bits per heavy atom. The van der Waals surface area contributed by atoms with E-state index in [4.69, 9.17) is 18.0 Å². The van der Waals surface area contributed by atoms with Gasteiger partial charge >= 0.3 is 0 Å². The molecule has 0 radical (unpaired) electrons. The molecule has 0 bridgehead atoms. The van der Waals surface area contributed by atoms with Crippen LogP contribution < -0.4 is 10.6 Å². The normalized spacial score (nSPS) is 24.9. The smallest absolute Gasteiger partial charge is 0.240 e. The molecule has 1 aliphatic rings. The highest BCUT2D eigenvalue weighted by molar-refractivity contribution is 6.30. The Morgan fingerprint density at radius 2 is 2.19 bits per heavy atom. The molecule has 0 unspecified atom stereocenters. The Kier molecular flexibility index (Phi) is 5.77. The fourth-order valence-corrected chi connectivity index (χ4v) is 4.43. The average molecular weight is 455 g/mol. The van der Waals surface area contributed by atoms with Gasteiger partial charge in [-0.05, 0) is 31.0 Å². The molecule has 10 heteroatoms. The highest BCUT2D eigenvalue weighted by Crippen LogP contribution is 2.45. The van der Waals surface area contributed by atoms with Crippen LogP contribution in [0.5, 0.6) is 0 Å². The fourth-order valence-electron chi connectivity index (χ4n) is 4.22. The minimum atomic E-state index is -1.55. The lowest BCUT2D eigenvalue weighted by Gasteiger charge is -2.24. The molecule has 166 valence electrons. The molecule has 32 heavy (non-hydrogen) atoms. The number of benzene rings is 1. The molecule has 1 aliphatic carbocycles. The second kappa shape index (κ2) is 8.39. The third kappa shape index (κ3) is 3.56. The summed E-state index contributed by atoms with van der Waals surface area (Å²) in [7, 11) is 1.44. The molecule has 9 nitrogen and oxygen atoms in total. The van der Waals surface area contributed by atoms with Crippen LogP contribution in [0.25, 0.3) is 11.2 Å². The Hall–Kier alpha value is -3.19. The van der Waals surface area contributed by atoms with Crippen molar-refractivity contribution >= 4 is 34.5 Å². The van der Waals surface area contributed by atoms with Crippen molar-refractivity contribution in [3.05, 3.63) is 47.0 Å². The topological polar surface area (TPSA) is 125 Å². The highest BCUT2D eigenvalue weighted by atomic mass is 35.5. The molecule has 1 amide bonds. The Balaban J connectivity index is 1.69. The van der Waals surface area contributed by atoms with Gasteiger partial charge in [0.1, 0.15) is 29.0 Å². The molecule has 4 atom stereocenters. The van der Waals surface area contributed by atoms with Crippen LogP contribution in [0.1, 0.15) is 23.9 Å². The molecule has 1 fully saturated rings. The van der Waals surface area contributed by atoms with Gasteiger partial charge in [0.2, 0.25) is 5.91 Å². The molecule has 0 spiro atoms. The van der Waals surface area contributed by atoms with Crippen LogP contribution in [-0.4, -0.2) is 54.9 Å². The Morgan fingerprint density at radius 3 is 2.88 bits per heavy atom. The van der Waals surface area contributed by atoms with E-state index in [-0.39, 0.29) is 6.42 Å². The number of hydrogen-bond donors (Lipinski definition) is 4. The Bertz CT molecular complexity index is 1220. The standard InChI is InChI=1S/C22H23ClN6O3/c1-4-22(21(32)24-3)9-15(17(30)18(22)31)29-11-26-16-19(27-12(2)28-20(16)29)25-10-13-6-5-7-14(23)8-13/h1,5-8,11,15,17-18,30-31H,9-10H2,2-3H3,(H,24,32)(H,25,27,28)/t15-,17+,18+,22+/m1/s1. The molecule has 4 N–H and O–H groups in total. The monoisotopic (exact) mass is 454 g/mol. The second-order valence-electron chi connectivity index (χ2n) is 7.83. The molecular formula is C22H23ClN6O3. The van der Waals surface area contributed by atoms with Crippen molar-refractivity contribution in [3.8, 4) is 12.3 Å². The summed E-state index contributed by atoms with van der Waals surface area (Å²) in [6.07, 6.45) is 4.46. The van der Waals surface area contributed by atoms with Gasteiger partial charge in [0.15, 0.2) is 11.5 Å². The predicted octanol–water partition coefficient (Wildman–Crippen LogP) is 1.43. The SMILES string of the molecule is C#C[C@]1(C(=O)NC)C[C@@H](n2cnc3c(NCc4cccc(Cl)c4)nc(C)nc32)[C@H](O)[C@@H]1O. The number of terminal acetylenes is 1. The molecule has 1 saturated carbocycles. The van der Waals surface area contributed by atoms with Crippen molar-refractivity contribution in [2.24, 2.45) is 5.41 Å². The first-order chi connectivity index (χ1) is 15.3. The second-order valence-corrected chi connectivity index (χ2v) is 8.27. The summed E-state index contributed by atoms with van der Waals surface area (Å²) in [5, 5.41) is 27.8. The van der Waals surface area contributed by atoms with Crippen LogP contribution in [-0.2, 0) is 11.3 Å². The zero-order valence-corrected chi connectivity index (χ0v) is 18.3. The lowest BCUT2D eigenvalue weighted by Crippen LogP contribution is -2.46. The van der Waals surface area contributed by atoms with E-state index in [1.165, 1.54) is 13.4 Å². The zero-order valence-electron chi connectivity index (χ0n) is 17.6. The van der Waals surface area contributed by atoms with E-state index < -0.39 is 29.6 Å². The van der Waals surface area contributed by atoms with Crippen LogP contribution in [0.2, 0.25) is 5.02 Å². The van der Waals surface area contributed by atoms with E-state index in [1.807, 2.05) is 18.2 Å². The number of halogens is 1. The zero-order chi connectivity index (χ0) is 23.0. The molecule has 2 aromatic heterocycles. The minimum absolute atomic E-state index is 0.0330. The van der Waals surface area contributed by atoms with Gasteiger partial charge in [-0.15, -0.1) is 6.42 Å². The van der Waals surface area contributed by atoms with Gasteiger partial charge in [-0.2, -0.15) is 0 Å². The van der Waals surface area contributed by atoms with Gasteiger partial charge in [-0.1, -0.05) is 29.7 Å². The summed E-state index contributed by atoms with van der Waals surface area (Å²) in [4.78, 5) is 25.8. The molecule has 0 aliphatic heterocycles. The molecule has 2 heterocycles. The maximum absolute atomic E-state index is 12.5. The molecule has 0 saturated heterocycles. The number of fused-ring (bicyclic) bond motifs is 1. The molecular weight excluding hydrogens is 432 g/mol. The van der Waals surface area contributed by atoms with Crippen LogP contribution in [0.3, 0.4) is 0 Å². The van der Waals surface area contributed by atoms with Gasteiger partial charge in [0.25, 0.3) is 0 Å². The molecule has 3 aromatic rings. The number of hydrogen-bond acceptors (Lipinski definition) is 7. The number of nitrogens with zero attached hydrogens (tertiary/aromatic N) is 4. The number of rotatable bonds is 5. The number of nitrogens with one attached hydrogen (secondary N) is 2. The van der Waals surface area contributed by atoms with Gasteiger partial charge in [-0.25, -0.2) is 15.0 Å². The fraction of sp³-hybridized carbons (Fsp3) is 0.364. The number of aromatic nitrogens is 4. The summed E-state index contributed by atoms with van der Waals surface area (Å²) < 4.78 is 1.64. The maximum Gasteiger partial charge on any atom is 0.240 e. The average Bonchev–Trinajstić information content (AvgIpc) is 3.31. The lowest BCUT2D eigenvalue weighted by molar-refractivity contribution is -0.133. The quantitative estimate of drug-likeness (QED) is 0.430. The van der Waals surface area contributed by atoms with E-state index in [0.717, 1.165) is 5.56 Å². The van der Waals surface area contributed by atoms with Crippen molar-refractivity contribution in [1.29, 1.82) is 0 Å². The van der Waals surface area contributed by atoms with Crippen LogP contribution in [0.4, 0.5) is 5.82 Å². The number of amides is 1. The third-order valence-electron chi connectivity index (χ3n) is 5.88. The van der Waals surface area contributed by atoms with E-state index in [9.17, 15) is 15.0 Å². The lowest BCUT2D eigenvalue weighted by atomic mass is 9.83.